The third-order valence-electron chi connectivity index (χ3n) is 4.32. The van der Waals surface area contributed by atoms with Gasteiger partial charge in [0.05, 0.1) is 24.8 Å². The third kappa shape index (κ3) is 4.66. The van der Waals surface area contributed by atoms with E-state index in [4.69, 9.17) is 15.2 Å². The van der Waals surface area contributed by atoms with Gasteiger partial charge in [-0.2, -0.15) is 9.97 Å². The molecule has 3 rings (SSSR count). The van der Waals surface area contributed by atoms with Gasteiger partial charge in [-0.1, -0.05) is 29.8 Å². The fraction of sp³-hybridized carbons (Fsp3) is 0.200. The van der Waals surface area contributed by atoms with Crippen LogP contribution in [0.3, 0.4) is 0 Å². The van der Waals surface area contributed by atoms with Gasteiger partial charge in [-0.05, 0) is 24.6 Å². The Labute approximate surface area is 173 Å². The number of hydrogen-bond acceptors (Lipinski definition) is 9. The summed E-state index contributed by atoms with van der Waals surface area (Å²) >= 11 is 0. The number of hydrogen-bond donors (Lipinski definition) is 3. The average Bonchev–Trinajstić information content (AvgIpc) is 2.72. The van der Waals surface area contributed by atoms with Crippen LogP contribution in [0.2, 0.25) is 0 Å². The summed E-state index contributed by atoms with van der Waals surface area (Å²) in [6.45, 7) is 2.43. The van der Waals surface area contributed by atoms with Crippen LogP contribution in [0.25, 0.3) is 0 Å². The quantitative estimate of drug-likeness (QED) is 0.375. The molecular formula is C20H22N6O4. The second-order valence-electron chi connectivity index (χ2n) is 6.42. The van der Waals surface area contributed by atoms with E-state index < -0.39 is 10.6 Å². The van der Waals surface area contributed by atoms with Crippen LogP contribution in [0.5, 0.6) is 11.5 Å². The van der Waals surface area contributed by atoms with Gasteiger partial charge in [-0.3, -0.25) is 10.1 Å². The summed E-state index contributed by atoms with van der Waals surface area (Å²) in [5.41, 5.74) is 8.02. The molecule has 0 amide bonds. The predicted molar refractivity (Wildman–Crippen MR) is 114 cm³/mol. The Morgan fingerprint density at radius 3 is 2.47 bits per heavy atom. The lowest BCUT2D eigenvalue weighted by Gasteiger charge is -2.14. The first-order valence-electron chi connectivity index (χ1n) is 9.01. The number of ether oxygens (including phenoxy) is 2. The summed E-state index contributed by atoms with van der Waals surface area (Å²) in [4.78, 5) is 19.2. The Morgan fingerprint density at radius 1 is 1.10 bits per heavy atom. The lowest BCUT2D eigenvalue weighted by Crippen LogP contribution is -2.11. The Balaban J connectivity index is 1.94. The monoisotopic (exact) mass is 410 g/mol. The Bertz CT molecular complexity index is 1060. The molecule has 0 aliphatic rings. The second-order valence-corrected chi connectivity index (χ2v) is 6.42. The number of nitrogens with two attached hydrogens (primary N) is 1. The van der Waals surface area contributed by atoms with Crippen molar-refractivity contribution in [3.63, 3.8) is 0 Å². The van der Waals surface area contributed by atoms with Crippen molar-refractivity contribution >= 4 is 29.0 Å². The molecule has 1 heterocycles. The molecule has 156 valence electrons. The number of aromatic nitrogens is 2. The summed E-state index contributed by atoms with van der Waals surface area (Å²) in [7, 11) is 3.01. The molecule has 0 spiro atoms. The van der Waals surface area contributed by atoms with E-state index in [9.17, 15) is 10.1 Å². The normalized spacial score (nSPS) is 10.4. The molecule has 10 nitrogen and oxygen atoms in total. The van der Waals surface area contributed by atoms with E-state index in [1.807, 2.05) is 31.2 Å². The van der Waals surface area contributed by atoms with Gasteiger partial charge < -0.3 is 25.8 Å². The maximum atomic E-state index is 11.6. The molecule has 0 fully saturated rings. The zero-order chi connectivity index (χ0) is 21.7. The van der Waals surface area contributed by atoms with E-state index in [0.717, 1.165) is 11.1 Å². The number of aryl methyl sites for hydroxylation is 1. The minimum atomic E-state index is -0.631. The van der Waals surface area contributed by atoms with Crippen molar-refractivity contribution in [3.8, 4) is 11.5 Å². The summed E-state index contributed by atoms with van der Waals surface area (Å²) in [5.74, 6) is 0.830. The minimum Gasteiger partial charge on any atom is -0.497 e. The van der Waals surface area contributed by atoms with E-state index >= 15 is 0 Å². The molecule has 0 unspecified atom stereocenters. The summed E-state index contributed by atoms with van der Waals surface area (Å²) in [5, 5.41) is 17.5. The smallest absolute Gasteiger partial charge is 0.353 e. The van der Waals surface area contributed by atoms with Crippen molar-refractivity contribution in [3.05, 3.63) is 63.7 Å². The number of nitrogens with one attached hydrogen (secondary N) is 2. The third-order valence-corrected chi connectivity index (χ3v) is 4.32. The van der Waals surface area contributed by atoms with Crippen molar-refractivity contribution in [2.24, 2.45) is 0 Å². The Morgan fingerprint density at radius 2 is 1.83 bits per heavy atom. The Kier molecular flexibility index (Phi) is 6.16. The molecule has 0 atom stereocenters. The number of anilines is 4. The molecule has 30 heavy (non-hydrogen) atoms. The molecule has 0 aliphatic heterocycles. The predicted octanol–water partition coefficient (Wildman–Crippen LogP) is 3.65. The van der Waals surface area contributed by atoms with Crippen molar-refractivity contribution in [1.29, 1.82) is 0 Å². The van der Waals surface area contributed by atoms with Crippen LogP contribution in [-0.2, 0) is 6.54 Å². The van der Waals surface area contributed by atoms with E-state index in [1.54, 1.807) is 18.2 Å². The van der Waals surface area contributed by atoms with Gasteiger partial charge >= 0.3 is 5.69 Å². The van der Waals surface area contributed by atoms with Gasteiger partial charge in [0.25, 0.3) is 0 Å². The average molecular weight is 410 g/mol. The molecule has 4 N–H and O–H groups in total. The first-order valence-corrected chi connectivity index (χ1v) is 9.01. The number of nitrogens with zero attached hydrogens (tertiary/aromatic N) is 3. The van der Waals surface area contributed by atoms with Crippen LogP contribution >= 0.6 is 0 Å². The van der Waals surface area contributed by atoms with E-state index in [2.05, 4.69) is 20.6 Å². The minimum absolute atomic E-state index is 0.0644. The zero-order valence-corrected chi connectivity index (χ0v) is 16.8. The maximum Gasteiger partial charge on any atom is 0.353 e. The van der Waals surface area contributed by atoms with Gasteiger partial charge in [0.1, 0.15) is 11.5 Å². The molecule has 0 bridgehead atoms. The first-order chi connectivity index (χ1) is 14.4. The molecule has 1 aromatic heterocycles. The maximum absolute atomic E-state index is 11.6. The van der Waals surface area contributed by atoms with E-state index in [0.29, 0.717) is 23.7 Å². The van der Waals surface area contributed by atoms with Crippen LogP contribution in [0.1, 0.15) is 11.1 Å². The van der Waals surface area contributed by atoms with Crippen LogP contribution in [-0.4, -0.2) is 29.1 Å². The highest BCUT2D eigenvalue weighted by atomic mass is 16.6. The number of methoxy groups -OCH3 is 2. The van der Waals surface area contributed by atoms with E-state index in [-0.39, 0.29) is 17.6 Å². The lowest BCUT2D eigenvalue weighted by molar-refractivity contribution is -0.383. The second kappa shape index (κ2) is 8.95. The topological polar surface area (TPSA) is 137 Å². The van der Waals surface area contributed by atoms with E-state index in [1.165, 1.54) is 14.2 Å². The summed E-state index contributed by atoms with van der Waals surface area (Å²) < 4.78 is 10.5. The molecule has 0 aliphatic carbocycles. The molecule has 10 heteroatoms. The lowest BCUT2D eigenvalue weighted by atomic mass is 10.1. The van der Waals surface area contributed by atoms with Crippen molar-refractivity contribution in [1.82, 2.24) is 9.97 Å². The SMILES string of the molecule is COc1ccc(OC)c(Nc2nc(NCc3ccc(C)cc3)nc(N)c2[N+](=O)[O-])c1. The molecule has 3 aromatic rings. The highest BCUT2D eigenvalue weighted by molar-refractivity contribution is 5.77. The molecule has 0 saturated carbocycles. The van der Waals surface area contributed by atoms with Crippen molar-refractivity contribution in [2.45, 2.75) is 13.5 Å². The standard InChI is InChI=1S/C20H22N6O4/c1-12-4-6-13(7-5-12)11-22-20-24-18(21)17(26(27)28)19(25-20)23-15-10-14(29-2)8-9-16(15)30-3/h4-10H,11H2,1-3H3,(H4,21,22,23,24,25). The number of nitro groups is 1. The van der Waals surface area contributed by atoms with Crippen LogP contribution in [0.4, 0.5) is 29.0 Å². The molecule has 2 aromatic carbocycles. The van der Waals surface area contributed by atoms with Crippen molar-refractivity contribution in [2.75, 3.05) is 30.6 Å². The largest absolute Gasteiger partial charge is 0.497 e. The van der Waals surface area contributed by atoms with Gasteiger partial charge in [0, 0.05) is 12.6 Å². The van der Waals surface area contributed by atoms with Gasteiger partial charge in [-0.25, -0.2) is 0 Å². The van der Waals surface area contributed by atoms with Crippen LogP contribution in [0, 0.1) is 17.0 Å². The summed E-state index contributed by atoms with van der Waals surface area (Å²) in [6.07, 6.45) is 0. The van der Waals surface area contributed by atoms with Gasteiger partial charge in [-0.15, -0.1) is 0 Å². The van der Waals surface area contributed by atoms with Crippen LogP contribution < -0.4 is 25.8 Å². The molecule has 0 saturated heterocycles. The van der Waals surface area contributed by atoms with Crippen LogP contribution in [0.15, 0.2) is 42.5 Å². The summed E-state index contributed by atoms with van der Waals surface area (Å²) in [6, 6.07) is 12.9. The molecule has 0 radical (unpaired) electrons. The highest BCUT2D eigenvalue weighted by Crippen LogP contribution is 2.36. The van der Waals surface area contributed by atoms with Crippen molar-refractivity contribution < 1.29 is 14.4 Å². The fourth-order valence-corrected chi connectivity index (χ4v) is 2.74. The number of benzene rings is 2. The number of rotatable bonds is 8. The number of nitrogen functional groups attached to an aromatic ring is 1. The highest BCUT2D eigenvalue weighted by Gasteiger charge is 2.24. The fourth-order valence-electron chi connectivity index (χ4n) is 2.74. The Hall–Kier alpha value is -4.08. The van der Waals surface area contributed by atoms with Gasteiger partial charge in [0.15, 0.2) is 0 Å². The first kappa shape index (κ1) is 20.6. The zero-order valence-electron chi connectivity index (χ0n) is 16.8. The molecular weight excluding hydrogens is 388 g/mol. The van der Waals surface area contributed by atoms with Gasteiger partial charge in [0.2, 0.25) is 17.6 Å².